The van der Waals surface area contributed by atoms with E-state index in [4.69, 9.17) is 5.73 Å². The van der Waals surface area contributed by atoms with E-state index in [-0.39, 0.29) is 0 Å². The van der Waals surface area contributed by atoms with Crippen molar-refractivity contribution in [1.82, 2.24) is 0 Å². The Morgan fingerprint density at radius 3 is 2.07 bits per heavy atom. The number of hydrogen-bond donors (Lipinski definition) is 1. The first-order valence-corrected chi connectivity index (χ1v) is 5.91. The van der Waals surface area contributed by atoms with Crippen molar-refractivity contribution in [2.75, 3.05) is 0 Å². The van der Waals surface area contributed by atoms with Gasteiger partial charge in [-0.05, 0) is 32.1 Å². The van der Waals surface area contributed by atoms with Crippen molar-refractivity contribution in [2.24, 2.45) is 11.7 Å². The number of rotatable bonds is 7. The quantitative estimate of drug-likeness (QED) is 0.620. The molecule has 1 atom stereocenters. The fourth-order valence-electron chi connectivity index (χ4n) is 1.91. The largest absolute Gasteiger partial charge is 0.327 e. The zero-order valence-corrected chi connectivity index (χ0v) is 9.97. The molecule has 1 heteroatoms. The van der Waals surface area contributed by atoms with Crippen LogP contribution in [0.5, 0.6) is 0 Å². The summed E-state index contributed by atoms with van der Waals surface area (Å²) in [5, 5.41) is 0. The molecule has 0 aromatic carbocycles. The second kappa shape index (κ2) is 9.09. The van der Waals surface area contributed by atoms with Gasteiger partial charge in [-0.3, -0.25) is 0 Å². The van der Waals surface area contributed by atoms with Crippen molar-refractivity contribution >= 4 is 0 Å². The molecule has 0 bridgehead atoms. The highest BCUT2D eigenvalue weighted by atomic mass is 14.6. The van der Waals surface area contributed by atoms with Gasteiger partial charge in [0.15, 0.2) is 0 Å². The molecule has 0 spiro atoms. The SMILES string of the molecule is CC#CCCC(N)C(CCC)CCC. The molecule has 0 heterocycles. The van der Waals surface area contributed by atoms with Gasteiger partial charge in [0.2, 0.25) is 0 Å². The second-order valence-corrected chi connectivity index (χ2v) is 3.97. The molecule has 0 aromatic heterocycles. The number of nitrogens with two attached hydrogens (primary N) is 1. The fraction of sp³-hybridized carbons (Fsp3) is 0.846. The second-order valence-electron chi connectivity index (χ2n) is 3.97. The van der Waals surface area contributed by atoms with E-state index in [1.54, 1.807) is 0 Å². The van der Waals surface area contributed by atoms with Gasteiger partial charge in [-0.1, -0.05) is 26.7 Å². The van der Waals surface area contributed by atoms with Crippen molar-refractivity contribution in [3.05, 3.63) is 0 Å². The van der Waals surface area contributed by atoms with Crippen LogP contribution in [0.15, 0.2) is 0 Å². The lowest BCUT2D eigenvalue weighted by molar-refractivity contribution is 0.350. The van der Waals surface area contributed by atoms with Crippen molar-refractivity contribution in [3.8, 4) is 11.8 Å². The smallest absolute Gasteiger partial charge is 0.0103 e. The fourth-order valence-corrected chi connectivity index (χ4v) is 1.91. The summed E-state index contributed by atoms with van der Waals surface area (Å²) in [4.78, 5) is 0. The van der Waals surface area contributed by atoms with Crippen LogP contribution in [0.1, 0.15) is 59.3 Å². The first-order valence-electron chi connectivity index (χ1n) is 5.91. The van der Waals surface area contributed by atoms with Crippen LogP contribution in [-0.2, 0) is 0 Å². The van der Waals surface area contributed by atoms with Gasteiger partial charge in [0.1, 0.15) is 0 Å². The van der Waals surface area contributed by atoms with Gasteiger partial charge in [-0.15, -0.1) is 11.8 Å². The van der Waals surface area contributed by atoms with Gasteiger partial charge in [0, 0.05) is 12.5 Å². The summed E-state index contributed by atoms with van der Waals surface area (Å²) in [5.74, 6) is 6.72. The predicted octanol–water partition coefficient (Wildman–Crippen LogP) is 3.33. The van der Waals surface area contributed by atoms with Crippen molar-refractivity contribution in [1.29, 1.82) is 0 Å². The van der Waals surface area contributed by atoms with Crippen LogP contribution in [0.3, 0.4) is 0 Å². The zero-order chi connectivity index (χ0) is 10.8. The summed E-state index contributed by atoms with van der Waals surface area (Å²) in [7, 11) is 0. The van der Waals surface area contributed by atoms with Gasteiger partial charge in [-0.2, -0.15) is 0 Å². The lowest BCUT2D eigenvalue weighted by Crippen LogP contribution is -2.29. The van der Waals surface area contributed by atoms with Crippen LogP contribution >= 0.6 is 0 Å². The summed E-state index contributed by atoms with van der Waals surface area (Å²) in [6, 6.07) is 0.357. The average Bonchev–Trinajstić information content (AvgIpc) is 2.18. The predicted molar refractivity (Wildman–Crippen MR) is 64.0 cm³/mol. The molecule has 1 unspecified atom stereocenters. The minimum atomic E-state index is 0.357. The molecular formula is C13H25N. The van der Waals surface area contributed by atoms with Crippen LogP contribution in [0, 0.1) is 17.8 Å². The summed E-state index contributed by atoms with van der Waals surface area (Å²) in [6.07, 6.45) is 7.06. The van der Waals surface area contributed by atoms with Gasteiger partial charge in [-0.25, -0.2) is 0 Å². The van der Waals surface area contributed by atoms with Crippen LogP contribution in [-0.4, -0.2) is 6.04 Å². The standard InChI is InChI=1S/C13H25N/c1-4-7-8-11-13(14)12(9-5-2)10-6-3/h12-13H,5-6,8-11,14H2,1-3H3. The van der Waals surface area contributed by atoms with Gasteiger partial charge in [0.05, 0.1) is 0 Å². The molecular weight excluding hydrogens is 170 g/mol. The lowest BCUT2D eigenvalue weighted by atomic mass is 9.88. The summed E-state index contributed by atoms with van der Waals surface area (Å²) < 4.78 is 0. The Morgan fingerprint density at radius 1 is 1.07 bits per heavy atom. The molecule has 0 saturated carbocycles. The highest BCUT2D eigenvalue weighted by Gasteiger charge is 2.14. The van der Waals surface area contributed by atoms with Gasteiger partial charge >= 0.3 is 0 Å². The highest BCUT2D eigenvalue weighted by Crippen LogP contribution is 2.19. The molecule has 14 heavy (non-hydrogen) atoms. The molecule has 0 saturated heterocycles. The number of hydrogen-bond acceptors (Lipinski definition) is 1. The van der Waals surface area contributed by atoms with Crippen molar-refractivity contribution < 1.29 is 0 Å². The molecule has 0 radical (unpaired) electrons. The minimum Gasteiger partial charge on any atom is -0.327 e. The monoisotopic (exact) mass is 195 g/mol. The van der Waals surface area contributed by atoms with E-state index in [1.807, 2.05) is 6.92 Å². The third kappa shape index (κ3) is 6.05. The van der Waals surface area contributed by atoms with Crippen LogP contribution in [0.4, 0.5) is 0 Å². The normalized spacial score (nSPS) is 12.4. The maximum Gasteiger partial charge on any atom is 0.0103 e. The van der Waals surface area contributed by atoms with E-state index in [9.17, 15) is 0 Å². The first kappa shape index (κ1) is 13.5. The molecule has 0 aliphatic carbocycles. The Labute approximate surface area is 89.5 Å². The average molecular weight is 195 g/mol. The topological polar surface area (TPSA) is 26.0 Å². The molecule has 0 aliphatic heterocycles. The maximum absolute atomic E-state index is 6.16. The molecule has 0 fully saturated rings. The molecule has 0 aliphatic rings. The Bertz CT molecular complexity index is 169. The molecule has 82 valence electrons. The van der Waals surface area contributed by atoms with E-state index in [0.29, 0.717) is 12.0 Å². The summed E-state index contributed by atoms with van der Waals surface area (Å²) in [6.45, 7) is 6.36. The van der Waals surface area contributed by atoms with E-state index in [0.717, 1.165) is 12.8 Å². The zero-order valence-electron chi connectivity index (χ0n) is 9.97. The maximum atomic E-state index is 6.16. The molecule has 0 amide bonds. The van der Waals surface area contributed by atoms with Gasteiger partial charge < -0.3 is 5.73 Å². The Hall–Kier alpha value is -0.480. The van der Waals surface area contributed by atoms with Crippen LogP contribution in [0.2, 0.25) is 0 Å². The van der Waals surface area contributed by atoms with Gasteiger partial charge in [0.25, 0.3) is 0 Å². The molecule has 2 N–H and O–H groups in total. The molecule has 1 nitrogen and oxygen atoms in total. The Morgan fingerprint density at radius 2 is 1.64 bits per heavy atom. The van der Waals surface area contributed by atoms with E-state index in [1.165, 1.54) is 25.7 Å². The van der Waals surface area contributed by atoms with Crippen LogP contribution in [0.25, 0.3) is 0 Å². The van der Waals surface area contributed by atoms with E-state index in [2.05, 4.69) is 25.7 Å². The van der Waals surface area contributed by atoms with E-state index >= 15 is 0 Å². The third-order valence-corrected chi connectivity index (χ3v) is 2.70. The summed E-state index contributed by atoms with van der Waals surface area (Å²) in [5.41, 5.74) is 6.16. The van der Waals surface area contributed by atoms with Crippen molar-refractivity contribution in [2.45, 2.75) is 65.3 Å². The first-order chi connectivity index (χ1) is 6.76. The third-order valence-electron chi connectivity index (χ3n) is 2.70. The Balaban J connectivity index is 3.84. The van der Waals surface area contributed by atoms with Crippen molar-refractivity contribution in [3.63, 3.8) is 0 Å². The van der Waals surface area contributed by atoms with E-state index < -0.39 is 0 Å². The van der Waals surface area contributed by atoms with Crippen LogP contribution < -0.4 is 5.73 Å². The molecule has 0 aromatic rings. The molecule has 0 rings (SSSR count). The summed E-state index contributed by atoms with van der Waals surface area (Å²) >= 11 is 0. The lowest BCUT2D eigenvalue weighted by Gasteiger charge is -2.22. The highest BCUT2D eigenvalue weighted by molar-refractivity contribution is 4.95. The Kier molecular flexibility index (Phi) is 8.78. The minimum absolute atomic E-state index is 0.357.